The fourth-order valence-corrected chi connectivity index (χ4v) is 2.90. The van der Waals surface area contributed by atoms with Crippen LogP contribution in [0.2, 0.25) is 0 Å². The lowest BCUT2D eigenvalue weighted by Gasteiger charge is -2.26. The molecule has 0 bridgehead atoms. The fraction of sp³-hybridized carbons (Fsp3) is 0.714. The maximum atomic E-state index is 12.9. The Hall–Kier alpha value is -3.22. The molecule has 0 spiro atoms. The quantitative estimate of drug-likeness (QED) is 0.137. The SMILES string of the molecule is CC(C)C[C@H](NC(=O)[C@H](CCC(=O)O)NC(=O)[C@@H](N)C(C)C)C(=O)N[C@@H](CCC(N)=O)C(=O)O. The van der Waals surface area contributed by atoms with Gasteiger partial charge in [0.2, 0.25) is 23.6 Å². The van der Waals surface area contributed by atoms with Gasteiger partial charge in [0.25, 0.3) is 0 Å². The molecule has 0 rings (SSSR count). The van der Waals surface area contributed by atoms with Crippen molar-refractivity contribution in [1.29, 1.82) is 0 Å². The lowest BCUT2D eigenvalue weighted by molar-refractivity contribution is -0.142. The zero-order valence-electron chi connectivity index (χ0n) is 20.0. The highest BCUT2D eigenvalue weighted by Gasteiger charge is 2.31. The molecule has 0 aromatic heterocycles. The molecule has 9 N–H and O–H groups in total. The summed E-state index contributed by atoms with van der Waals surface area (Å²) in [4.78, 5) is 71.4. The van der Waals surface area contributed by atoms with E-state index in [-0.39, 0.29) is 37.5 Å². The number of carbonyl (C=O) groups excluding carboxylic acids is 4. The maximum Gasteiger partial charge on any atom is 0.326 e. The van der Waals surface area contributed by atoms with E-state index < -0.39 is 66.2 Å². The molecule has 13 heteroatoms. The molecule has 0 aromatic rings. The van der Waals surface area contributed by atoms with E-state index in [9.17, 15) is 33.9 Å². The van der Waals surface area contributed by atoms with Gasteiger partial charge in [-0.2, -0.15) is 0 Å². The average molecular weight is 488 g/mol. The van der Waals surface area contributed by atoms with Crippen molar-refractivity contribution in [2.45, 2.75) is 84.0 Å². The molecule has 0 saturated heterocycles. The van der Waals surface area contributed by atoms with Crippen LogP contribution in [-0.4, -0.2) is 69.9 Å². The van der Waals surface area contributed by atoms with Crippen LogP contribution in [0.1, 0.15) is 59.8 Å². The van der Waals surface area contributed by atoms with Crippen LogP contribution in [0.15, 0.2) is 0 Å². The highest BCUT2D eigenvalue weighted by atomic mass is 16.4. The monoisotopic (exact) mass is 487 g/mol. The van der Waals surface area contributed by atoms with Crippen LogP contribution < -0.4 is 27.4 Å². The number of rotatable bonds is 16. The molecule has 4 amide bonds. The number of amides is 4. The van der Waals surface area contributed by atoms with Gasteiger partial charge in [0.05, 0.1) is 6.04 Å². The largest absolute Gasteiger partial charge is 0.481 e. The summed E-state index contributed by atoms with van der Waals surface area (Å²) in [6.45, 7) is 6.96. The summed E-state index contributed by atoms with van der Waals surface area (Å²) in [7, 11) is 0. The number of hydrogen-bond donors (Lipinski definition) is 7. The van der Waals surface area contributed by atoms with E-state index >= 15 is 0 Å². The summed E-state index contributed by atoms with van der Waals surface area (Å²) in [6, 6.07) is -4.79. The van der Waals surface area contributed by atoms with Crippen LogP contribution >= 0.6 is 0 Å². The minimum absolute atomic E-state index is 0.0913. The molecular formula is C21H37N5O8. The van der Waals surface area contributed by atoms with Gasteiger partial charge in [0, 0.05) is 12.8 Å². The van der Waals surface area contributed by atoms with Gasteiger partial charge in [-0.3, -0.25) is 24.0 Å². The standard InChI is InChI=1S/C21H37N5O8/c1-10(2)9-14(19(31)25-13(21(33)34)5-7-15(22)27)26-18(30)12(6-8-16(28)29)24-20(32)17(23)11(3)4/h10-14,17H,5-9,23H2,1-4H3,(H2,22,27)(H,24,32)(H,25,31)(H,26,30)(H,28,29)(H,33,34)/t12-,13-,14-,17-/m0/s1. The summed E-state index contributed by atoms with van der Waals surface area (Å²) in [6.07, 6.45) is -1.04. The molecular weight excluding hydrogens is 450 g/mol. The van der Waals surface area contributed by atoms with E-state index in [2.05, 4.69) is 16.0 Å². The first-order valence-electron chi connectivity index (χ1n) is 11.0. The molecule has 34 heavy (non-hydrogen) atoms. The average Bonchev–Trinajstić information content (AvgIpc) is 2.71. The third kappa shape index (κ3) is 12.1. The first-order chi connectivity index (χ1) is 15.6. The topological polar surface area (TPSA) is 231 Å². The summed E-state index contributed by atoms with van der Waals surface area (Å²) in [5, 5.41) is 25.5. The van der Waals surface area contributed by atoms with Crippen LogP contribution in [-0.2, 0) is 28.8 Å². The highest BCUT2D eigenvalue weighted by molar-refractivity contribution is 5.94. The third-order valence-electron chi connectivity index (χ3n) is 4.93. The number of primary amides is 1. The van der Waals surface area contributed by atoms with Gasteiger partial charge in [0.1, 0.15) is 18.1 Å². The summed E-state index contributed by atoms with van der Waals surface area (Å²) < 4.78 is 0. The smallest absolute Gasteiger partial charge is 0.326 e. The Morgan fingerprint density at radius 2 is 1.21 bits per heavy atom. The Balaban J connectivity index is 5.57. The highest BCUT2D eigenvalue weighted by Crippen LogP contribution is 2.09. The number of carboxylic acid groups (broad SMARTS) is 2. The molecule has 0 saturated carbocycles. The number of nitrogens with one attached hydrogen (secondary N) is 3. The van der Waals surface area contributed by atoms with Gasteiger partial charge in [-0.15, -0.1) is 0 Å². The second kappa shape index (κ2) is 14.8. The molecule has 4 atom stereocenters. The molecule has 0 aromatic carbocycles. The predicted octanol–water partition coefficient (Wildman–Crippen LogP) is -1.31. The Morgan fingerprint density at radius 1 is 0.735 bits per heavy atom. The van der Waals surface area contributed by atoms with Crippen LogP contribution in [0.25, 0.3) is 0 Å². The van der Waals surface area contributed by atoms with E-state index in [0.717, 1.165) is 0 Å². The minimum atomic E-state index is -1.40. The number of carboxylic acids is 2. The van der Waals surface area contributed by atoms with Crippen molar-refractivity contribution >= 4 is 35.6 Å². The van der Waals surface area contributed by atoms with Gasteiger partial charge in [0.15, 0.2) is 0 Å². The second-order valence-electron chi connectivity index (χ2n) is 8.86. The van der Waals surface area contributed by atoms with Crippen LogP contribution in [0.4, 0.5) is 0 Å². The first-order valence-corrected chi connectivity index (χ1v) is 11.0. The van der Waals surface area contributed by atoms with Crippen LogP contribution in [0.3, 0.4) is 0 Å². The minimum Gasteiger partial charge on any atom is -0.481 e. The summed E-state index contributed by atoms with van der Waals surface area (Å²) >= 11 is 0. The number of carbonyl (C=O) groups is 6. The van der Waals surface area contributed by atoms with Crippen molar-refractivity contribution in [1.82, 2.24) is 16.0 Å². The Bertz CT molecular complexity index is 755. The van der Waals surface area contributed by atoms with Crippen LogP contribution in [0.5, 0.6) is 0 Å². The van der Waals surface area contributed by atoms with Gasteiger partial charge >= 0.3 is 11.9 Å². The van der Waals surface area contributed by atoms with Gasteiger partial charge in [-0.25, -0.2) is 4.79 Å². The summed E-state index contributed by atoms with van der Waals surface area (Å²) in [5.74, 6) is -5.89. The second-order valence-corrected chi connectivity index (χ2v) is 8.86. The lowest BCUT2D eigenvalue weighted by atomic mass is 10.0. The Kier molecular flexibility index (Phi) is 13.4. The zero-order chi connectivity index (χ0) is 26.6. The molecule has 0 aliphatic carbocycles. The van der Waals surface area contributed by atoms with Gasteiger partial charge < -0.3 is 37.6 Å². The van der Waals surface area contributed by atoms with Crippen molar-refractivity contribution in [2.24, 2.45) is 23.3 Å². The normalized spacial score (nSPS) is 14.6. The summed E-state index contributed by atoms with van der Waals surface area (Å²) in [5.41, 5.74) is 10.8. The Morgan fingerprint density at radius 3 is 1.65 bits per heavy atom. The van der Waals surface area contributed by atoms with Crippen molar-refractivity contribution < 1.29 is 39.0 Å². The molecule has 0 heterocycles. The predicted molar refractivity (Wildman–Crippen MR) is 121 cm³/mol. The molecule has 0 radical (unpaired) electrons. The fourth-order valence-electron chi connectivity index (χ4n) is 2.90. The first kappa shape index (κ1) is 30.8. The van der Waals surface area contributed by atoms with Gasteiger partial charge in [-0.05, 0) is 31.1 Å². The van der Waals surface area contributed by atoms with E-state index in [1.807, 2.05) is 0 Å². The lowest BCUT2D eigenvalue weighted by Crippen LogP contribution is -2.57. The number of hydrogen-bond acceptors (Lipinski definition) is 7. The molecule has 13 nitrogen and oxygen atoms in total. The van der Waals surface area contributed by atoms with E-state index in [0.29, 0.717) is 0 Å². The Labute approximate surface area is 198 Å². The van der Waals surface area contributed by atoms with E-state index in [1.54, 1.807) is 27.7 Å². The third-order valence-corrected chi connectivity index (χ3v) is 4.93. The van der Waals surface area contributed by atoms with Crippen molar-refractivity contribution in [2.75, 3.05) is 0 Å². The van der Waals surface area contributed by atoms with Crippen molar-refractivity contribution in [3.63, 3.8) is 0 Å². The van der Waals surface area contributed by atoms with Crippen LogP contribution in [0, 0.1) is 11.8 Å². The molecule has 194 valence electrons. The molecule has 0 aliphatic rings. The number of nitrogens with two attached hydrogens (primary N) is 2. The zero-order valence-corrected chi connectivity index (χ0v) is 20.0. The van der Waals surface area contributed by atoms with Gasteiger partial charge in [-0.1, -0.05) is 27.7 Å². The van der Waals surface area contributed by atoms with Crippen molar-refractivity contribution in [3.8, 4) is 0 Å². The molecule has 0 fully saturated rings. The van der Waals surface area contributed by atoms with E-state index in [1.165, 1.54) is 0 Å². The number of aliphatic carboxylic acids is 2. The van der Waals surface area contributed by atoms with Crippen molar-refractivity contribution in [3.05, 3.63) is 0 Å². The van der Waals surface area contributed by atoms with E-state index in [4.69, 9.17) is 16.6 Å². The maximum absolute atomic E-state index is 12.9. The molecule has 0 unspecified atom stereocenters. The molecule has 0 aliphatic heterocycles.